The normalized spacial score (nSPS) is 13.4. The lowest BCUT2D eigenvalue weighted by Crippen LogP contribution is -2.30. The maximum absolute atomic E-state index is 14.0. The molecule has 3 rings (SSSR count). The molecule has 0 saturated heterocycles. The van der Waals surface area contributed by atoms with Crippen LogP contribution in [-0.4, -0.2) is 28.9 Å². The van der Waals surface area contributed by atoms with E-state index in [1.54, 1.807) is 72.8 Å². The van der Waals surface area contributed by atoms with Crippen molar-refractivity contribution in [2.75, 3.05) is 0 Å². The fourth-order valence-corrected chi connectivity index (χ4v) is 7.14. The third kappa shape index (κ3) is 8.35. The van der Waals surface area contributed by atoms with E-state index in [0.29, 0.717) is 15.5 Å². The van der Waals surface area contributed by atoms with Gasteiger partial charge in [-0.2, -0.15) is 13.2 Å². The quantitative estimate of drug-likeness (QED) is 0.273. The molecule has 0 heterocycles. The van der Waals surface area contributed by atoms with Crippen LogP contribution in [0.5, 0.6) is 17.2 Å². The zero-order valence-electron chi connectivity index (χ0n) is 25.0. The molecule has 5 nitrogen and oxygen atoms in total. The van der Waals surface area contributed by atoms with E-state index in [-0.39, 0.29) is 16.4 Å². The van der Waals surface area contributed by atoms with Gasteiger partial charge < -0.3 is 18.4 Å². The zero-order valence-corrected chi connectivity index (χ0v) is 25.8. The predicted molar refractivity (Wildman–Crippen MR) is 155 cm³/mol. The molecule has 41 heavy (non-hydrogen) atoms. The van der Waals surface area contributed by atoms with E-state index in [9.17, 15) is 18.0 Å². The third-order valence-electron chi connectivity index (χ3n) is 5.12. The van der Waals surface area contributed by atoms with Crippen LogP contribution in [0, 0.1) is 0 Å². The zero-order chi connectivity index (χ0) is 30.9. The average molecular weight is 593 g/mol. The summed E-state index contributed by atoms with van der Waals surface area (Å²) in [6, 6.07) is 20.1. The van der Waals surface area contributed by atoms with Gasteiger partial charge in [-0.25, -0.2) is 4.79 Å². The monoisotopic (exact) mass is 592 g/mol. The van der Waals surface area contributed by atoms with Crippen molar-refractivity contribution in [1.29, 1.82) is 0 Å². The molecule has 3 aromatic rings. The van der Waals surface area contributed by atoms with Crippen molar-refractivity contribution in [3.8, 4) is 17.2 Å². The molecule has 3 aromatic carbocycles. The van der Waals surface area contributed by atoms with Crippen LogP contribution in [0.25, 0.3) is 0 Å². The molecule has 0 aromatic heterocycles. The molecule has 0 unspecified atom stereocenters. The maximum atomic E-state index is 14.0. The molecule has 9 heteroatoms. The molecule has 0 radical (unpaired) electrons. The number of hydrogen-bond acceptors (Lipinski definition) is 5. The van der Waals surface area contributed by atoms with Crippen molar-refractivity contribution in [2.24, 2.45) is 0 Å². The summed E-state index contributed by atoms with van der Waals surface area (Å²) in [5.41, 5.74) is -2.19. The van der Waals surface area contributed by atoms with Crippen LogP contribution in [0.3, 0.4) is 0 Å². The SMILES string of the molecule is CC(C)(C)Oc1cc(OC(C)(C)C)c(S(OC(=O)C(F)(F)F)(c2ccccc2)c2ccccc2)c(OC(C)(C)C)c1. The molecule has 0 aliphatic heterocycles. The minimum Gasteiger partial charge on any atom is -0.488 e. The molecule has 0 bridgehead atoms. The summed E-state index contributed by atoms with van der Waals surface area (Å²) in [5, 5.41) is 0. The maximum Gasteiger partial charge on any atom is 0.491 e. The highest BCUT2D eigenvalue weighted by atomic mass is 32.3. The standard InChI is InChI=1S/C32H39F3O5S/c1-29(2,3)37-22-20-25(38-30(4,5)6)27(26(21-22)39-31(7,8)9)41(23-16-12-10-13-17-23,24-18-14-11-15-19-24)40-28(36)32(33,34)35/h10-21H,1-9H3. The Bertz CT molecular complexity index is 1260. The summed E-state index contributed by atoms with van der Waals surface area (Å²) in [6.45, 7) is 16.6. The second-order valence-electron chi connectivity index (χ2n) is 12.4. The molecule has 0 aliphatic carbocycles. The highest BCUT2D eigenvalue weighted by Crippen LogP contribution is 2.74. The van der Waals surface area contributed by atoms with Gasteiger partial charge in [0.2, 0.25) is 0 Å². The van der Waals surface area contributed by atoms with E-state index in [0.717, 1.165) is 0 Å². The Labute approximate surface area is 242 Å². The number of hydrogen-bond donors (Lipinski definition) is 0. The minimum absolute atomic E-state index is 0.177. The van der Waals surface area contributed by atoms with E-state index in [2.05, 4.69) is 0 Å². The van der Waals surface area contributed by atoms with Crippen LogP contribution >= 0.6 is 10.3 Å². The second-order valence-corrected chi connectivity index (χ2v) is 15.1. The van der Waals surface area contributed by atoms with E-state index in [1.165, 1.54) is 0 Å². The van der Waals surface area contributed by atoms with Crippen LogP contribution in [-0.2, 0) is 8.98 Å². The molecular formula is C32H39F3O5S. The van der Waals surface area contributed by atoms with Crippen molar-refractivity contribution in [2.45, 2.75) is 100.0 Å². The Morgan fingerprint density at radius 3 is 1.29 bits per heavy atom. The Morgan fingerprint density at radius 2 is 0.976 bits per heavy atom. The number of carbonyl (C=O) groups excluding carboxylic acids is 1. The average Bonchev–Trinajstić information content (AvgIpc) is 2.80. The van der Waals surface area contributed by atoms with E-state index in [1.807, 2.05) is 62.3 Å². The van der Waals surface area contributed by atoms with Gasteiger partial charge in [-0.1, -0.05) is 36.4 Å². The number of ether oxygens (including phenoxy) is 3. The number of benzene rings is 3. The number of carbonyl (C=O) groups is 1. The number of alkyl halides is 3. The van der Waals surface area contributed by atoms with Gasteiger partial charge in [-0.05, 0) is 86.6 Å². The summed E-state index contributed by atoms with van der Waals surface area (Å²) in [4.78, 5) is 13.7. The van der Waals surface area contributed by atoms with Crippen LogP contribution in [0.4, 0.5) is 13.2 Å². The first-order valence-corrected chi connectivity index (χ1v) is 14.8. The Hall–Kier alpha value is -3.33. The number of halogens is 3. The first-order valence-electron chi connectivity index (χ1n) is 13.2. The van der Waals surface area contributed by atoms with Gasteiger partial charge in [0.25, 0.3) is 0 Å². The van der Waals surface area contributed by atoms with Gasteiger partial charge in [0.05, 0.1) is 0 Å². The summed E-state index contributed by atoms with van der Waals surface area (Å²) in [5.74, 6) is -1.58. The Kier molecular flexibility index (Phi) is 9.04. The van der Waals surface area contributed by atoms with Gasteiger partial charge in [0, 0.05) is 32.2 Å². The second kappa shape index (κ2) is 11.5. The van der Waals surface area contributed by atoms with Crippen LogP contribution < -0.4 is 14.2 Å². The van der Waals surface area contributed by atoms with Gasteiger partial charge in [0.1, 0.15) is 38.9 Å². The van der Waals surface area contributed by atoms with Gasteiger partial charge >= 0.3 is 12.1 Å². The largest absolute Gasteiger partial charge is 0.491 e. The summed E-state index contributed by atoms with van der Waals surface area (Å²) >= 11 is 0. The molecular weight excluding hydrogens is 553 g/mol. The van der Waals surface area contributed by atoms with Crippen LogP contribution in [0.1, 0.15) is 62.3 Å². The Morgan fingerprint density at radius 1 is 0.610 bits per heavy atom. The minimum atomic E-state index is -5.26. The smallest absolute Gasteiger partial charge is 0.488 e. The van der Waals surface area contributed by atoms with Crippen molar-refractivity contribution < 1.29 is 36.4 Å². The first kappa shape index (κ1) is 32.2. The number of rotatable bonds is 7. The van der Waals surface area contributed by atoms with E-state index in [4.69, 9.17) is 18.4 Å². The molecule has 0 spiro atoms. The summed E-state index contributed by atoms with van der Waals surface area (Å²) in [7, 11) is -3.46. The van der Waals surface area contributed by atoms with Crippen LogP contribution in [0.2, 0.25) is 0 Å². The van der Waals surface area contributed by atoms with E-state index >= 15 is 0 Å². The lowest BCUT2D eigenvalue weighted by Gasteiger charge is -2.42. The molecule has 0 amide bonds. The van der Waals surface area contributed by atoms with Gasteiger partial charge in [0.15, 0.2) is 0 Å². The molecule has 0 aliphatic rings. The van der Waals surface area contributed by atoms with Crippen molar-refractivity contribution in [3.63, 3.8) is 0 Å². The first-order chi connectivity index (χ1) is 18.7. The van der Waals surface area contributed by atoms with E-state index < -0.39 is 39.3 Å². The third-order valence-corrected chi connectivity index (χ3v) is 8.37. The molecule has 0 N–H and O–H groups in total. The van der Waals surface area contributed by atoms with Gasteiger partial charge in [-0.3, -0.25) is 0 Å². The molecule has 0 saturated carbocycles. The lowest BCUT2D eigenvalue weighted by molar-refractivity contribution is -0.188. The van der Waals surface area contributed by atoms with Crippen molar-refractivity contribution >= 4 is 16.3 Å². The lowest BCUT2D eigenvalue weighted by atomic mass is 10.1. The topological polar surface area (TPSA) is 54.0 Å². The molecule has 224 valence electrons. The summed E-state index contributed by atoms with van der Waals surface area (Å²) in [6.07, 6.45) is -5.26. The fourth-order valence-electron chi connectivity index (χ4n) is 3.95. The predicted octanol–water partition coefficient (Wildman–Crippen LogP) is 9.52. The van der Waals surface area contributed by atoms with Crippen LogP contribution in [0.15, 0.2) is 87.5 Å². The van der Waals surface area contributed by atoms with Crippen molar-refractivity contribution in [1.82, 2.24) is 0 Å². The van der Waals surface area contributed by atoms with Crippen molar-refractivity contribution in [3.05, 3.63) is 72.8 Å². The Balaban J connectivity index is 2.60. The molecule has 0 atom stereocenters. The highest BCUT2D eigenvalue weighted by Gasteiger charge is 2.49. The highest BCUT2D eigenvalue weighted by molar-refractivity contribution is 8.30. The fraction of sp³-hybridized carbons (Fsp3) is 0.406. The summed E-state index contributed by atoms with van der Waals surface area (Å²) < 4.78 is 66.7. The molecule has 0 fully saturated rings. The van der Waals surface area contributed by atoms with Gasteiger partial charge in [-0.15, -0.1) is 0 Å².